The fraction of sp³-hybridized carbons (Fsp3) is 0.875. The van der Waals surface area contributed by atoms with Gasteiger partial charge in [0.1, 0.15) is 0 Å². The smallest absolute Gasteiger partial charge is 0.186 e. The van der Waals surface area contributed by atoms with E-state index in [-0.39, 0.29) is 0 Å². The van der Waals surface area contributed by atoms with Crippen molar-refractivity contribution in [2.75, 3.05) is 6.61 Å². The van der Waals surface area contributed by atoms with Crippen LogP contribution in [0, 0.1) is 12.3 Å². The Bertz CT molecular complexity index is 218. The molecule has 0 amide bonds. The normalized spacial score (nSPS) is 11.4. The van der Waals surface area contributed by atoms with Gasteiger partial charge in [0, 0.05) is 13.0 Å². The predicted octanol–water partition coefficient (Wildman–Crippen LogP) is 5.37. The van der Waals surface area contributed by atoms with Gasteiger partial charge in [-0.25, -0.2) is 0 Å². The van der Waals surface area contributed by atoms with Gasteiger partial charge >= 0.3 is 0 Å². The highest BCUT2D eigenvalue weighted by molar-refractivity contribution is 6.71. The van der Waals surface area contributed by atoms with Crippen LogP contribution in [0.25, 0.3) is 0 Å². The Labute approximate surface area is 116 Å². The lowest BCUT2D eigenvalue weighted by Gasteiger charge is -2.22. The van der Waals surface area contributed by atoms with Gasteiger partial charge in [-0.3, -0.25) is 0 Å². The van der Waals surface area contributed by atoms with Crippen molar-refractivity contribution in [2.24, 2.45) is 0 Å². The molecule has 0 heterocycles. The van der Waals surface area contributed by atoms with Crippen LogP contribution in [0.5, 0.6) is 0 Å². The summed E-state index contributed by atoms with van der Waals surface area (Å²) in [4.78, 5) is 0. The van der Waals surface area contributed by atoms with Crippen LogP contribution in [-0.2, 0) is 4.43 Å². The van der Waals surface area contributed by atoms with E-state index in [0.29, 0.717) is 0 Å². The van der Waals surface area contributed by atoms with Crippen LogP contribution < -0.4 is 0 Å². The number of unbranched alkanes of at least 4 members (excludes halogenated alkanes) is 7. The number of rotatable bonds is 12. The second kappa shape index (κ2) is 11.8. The van der Waals surface area contributed by atoms with E-state index in [0.717, 1.165) is 13.0 Å². The zero-order valence-electron chi connectivity index (χ0n) is 12.8. The third-order valence-corrected chi connectivity index (χ3v) is 5.88. The van der Waals surface area contributed by atoms with Gasteiger partial charge in [-0.1, -0.05) is 45.4 Å². The minimum atomic E-state index is -1.33. The quantitative estimate of drug-likeness (QED) is 0.262. The first kappa shape index (κ1) is 17.7. The highest BCUT2D eigenvalue weighted by Gasteiger charge is 2.20. The van der Waals surface area contributed by atoms with E-state index in [1.807, 2.05) is 0 Å². The third kappa shape index (κ3) is 12.2. The molecule has 0 N–H and O–H groups in total. The molecule has 0 radical (unpaired) electrons. The van der Waals surface area contributed by atoms with Gasteiger partial charge in [-0.15, -0.1) is 12.3 Å². The molecule has 0 bridgehead atoms. The monoisotopic (exact) mass is 268 g/mol. The molecule has 0 aromatic carbocycles. The molecule has 0 spiro atoms. The average molecular weight is 269 g/mol. The molecule has 2 heteroatoms. The zero-order valence-corrected chi connectivity index (χ0v) is 13.8. The average Bonchev–Trinajstić information content (AvgIpc) is 2.34. The molecule has 0 aliphatic rings. The first-order chi connectivity index (χ1) is 8.62. The SMILES string of the molecule is C#CCCCCCCCCO[Si](C)(C)CCCC. The molecule has 0 aliphatic carbocycles. The second-order valence-electron chi connectivity index (χ2n) is 5.79. The van der Waals surface area contributed by atoms with Crippen LogP contribution in [0.2, 0.25) is 19.1 Å². The van der Waals surface area contributed by atoms with Crippen LogP contribution in [0.4, 0.5) is 0 Å². The molecule has 0 saturated carbocycles. The number of hydrogen-bond acceptors (Lipinski definition) is 1. The van der Waals surface area contributed by atoms with Crippen molar-refractivity contribution in [1.29, 1.82) is 0 Å². The molecule has 1 nitrogen and oxygen atoms in total. The fourth-order valence-electron chi connectivity index (χ4n) is 2.06. The van der Waals surface area contributed by atoms with E-state index in [2.05, 4.69) is 25.9 Å². The zero-order chi connectivity index (χ0) is 13.7. The fourth-order valence-corrected chi connectivity index (χ4v) is 4.11. The molecular formula is C16H32OSi. The molecule has 0 aromatic heterocycles. The summed E-state index contributed by atoms with van der Waals surface area (Å²) in [6, 6.07) is 1.32. The van der Waals surface area contributed by atoms with Crippen molar-refractivity contribution in [3.05, 3.63) is 0 Å². The molecule has 18 heavy (non-hydrogen) atoms. The molecule has 0 unspecified atom stereocenters. The summed E-state index contributed by atoms with van der Waals surface area (Å²) in [5.41, 5.74) is 0. The minimum Gasteiger partial charge on any atom is -0.417 e. The van der Waals surface area contributed by atoms with E-state index in [1.165, 1.54) is 57.4 Å². The van der Waals surface area contributed by atoms with Gasteiger partial charge < -0.3 is 4.43 Å². The molecule has 0 aromatic rings. The Morgan fingerprint density at radius 3 is 2.17 bits per heavy atom. The molecule has 0 atom stereocenters. The van der Waals surface area contributed by atoms with Crippen LogP contribution in [0.1, 0.15) is 64.7 Å². The molecule has 0 fully saturated rings. The maximum absolute atomic E-state index is 6.09. The van der Waals surface area contributed by atoms with Gasteiger partial charge in [0.15, 0.2) is 8.32 Å². The van der Waals surface area contributed by atoms with Gasteiger partial charge in [0.25, 0.3) is 0 Å². The van der Waals surface area contributed by atoms with E-state index >= 15 is 0 Å². The van der Waals surface area contributed by atoms with Crippen molar-refractivity contribution in [1.82, 2.24) is 0 Å². The van der Waals surface area contributed by atoms with Gasteiger partial charge in [-0.2, -0.15) is 0 Å². The summed E-state index contributed by atoms with van der Waals surface area (Å²) in [7, 11) is -1.33. The largest absolute Gasteiger partial charge is 0.417 e. The van der Waals surface area contributed by atoms with E-state index in [4.69, 9.17) is 10.8 Å². The molecule has 0 aliphatic heterocycles. The standard InChI is InChI=1S/C16H32OSi/c1-5-7-9-10-11-12-13-14-15-17-18(3,4)16-8-6-2/h1H,6-16H2,2-4H3. The minimum absolute atomic E-state index is 0.945. The Morgan fingerprint density at radius 2 is 1.56 bits per heavy atom. The number of hydrogen-bond donors (Lipinski definition) is 0. The summed E-state index contributed by atoms with van der Waals surface area (Å²) >= 11 is 0. The Morgan fingerprint density at radius 1 is 0.944 bits per heavy atom. The van der Waals surface area contributed by atoms with Crippen LogP contribution >= 0.6 is 0 Å². The van der Waals surface area contributed by atoms with Crippen LogP contribution in [-0.4, -0.2) is 14.9 Å². The van der Waals surface area contributed by atoms with E-state index < -0.39 is 8.32 Å². The first-order valence-electron chi connectivity index (χ1n) is 7.70. The van der Waals surface area contributed by atoms with E-state index in [1.54, 1.807) is 0 Å². The number of terminal acetylenes is 1. The van der Waals surface area contributed by atoms with Gasteiger partial charge in [0.05, 0.1) is 0 Å². The Hall–Kier alpha value is -0.263. The third-order valence-electron chi connectivity index (χ3n) is 3.34. The van der Waals surface area contributed by atoms with Gasteiger partial charge in [-0.05, 0) is 32.0 Å². The maximum Gasteiger partial charge on any atom is 0.186 e. The molecule has 106 valence electrons. The Balaban J connectivity index is 3.26. The van der Waals surface area contributed by atoms with Crippen LogP contribution in [0.15, 0.2) is 0 Å². The summed E-state index contributed by atoms with van der Waals surface area (Å²) in [6.45, 7) is 7.93. The van der Waals surface area contributed by atoms with Crippen molar-refractivity contribution >= 4 is 8.32 Å². The van der Waals surface area contributed by atoms with Crippen molar-refractivity contribution < 1.29 is 4.43 Å². The highest BCUT2D eigenvalue weighted by Crippen LogP contribution is 2.16. The molecule has 0 saturated heterocycles. The lowest BCUT2D eigenvalue weighted by molar-refractivity contribution is 0.293. The van der Waals surface area contributed by atoms with Crippen molar-refractivity contribution in [2.45, 2.75) is 83.8 Å². The lowest BCUT2D eigenvalue weighted by Crippen LogP contribution is -2.30. The summed E-state index contributed by atoms with van der Waals surface area (Å²) in [5.74, 6) is 2.70. The summed E-state index contributed by atoms with van der Waals surface area (Å²) in [5, 5.41) is 0. The lowest BCUT2D eigenvalue weighted by atomic mass is 10.1. The first-order valence-corrected chi connectivity index (χ1v) is 10.8. The molecule has 0 rings (SSSR count). The van der Waals surface area contributed by atoms with Crippen molar-refractivity contribution in [3.8, 4) is 12.3 Å². The van der Waals surface area contributed by atoms with Crippen molar-refractivity contribution in [3.63, 3.8) is 0 Å². The summed E-state index contributed by atoms with van der Waals surface area (Å²) < 4.78 is 6.09. The van der Waals surface area contributed by atoms with E-state index in [9.17, 15) is 0 Å². The summed E-state index contributed by atoms with van der Waals surface area (Å²) in [6.07, 6.45) is 16.5. The van der Waals surface area contributed by atoms with Gasteiger partial charge in [0.2, 0.25) is 0 Å². The van der Waals surface area contributed by atoms with Crippen LogP contribution in [0.3, 0.4) is 0 Å². The highest BCUT2D eigenvalue weighted by atomic mass is 28.4. The second-order valence-corrected chi connectivity index (χ2v) is 10.1. The predicted molar refractivity (Wildman–Crippen MR) is 84.3 cm³/mol. The Kier molecular flexibility index (Phi) is 11.6. The topological polar surface area (TPSA) is 9.23 Å². The maximum atomic E-state index is 6.09. The molecular weight excluding hydrogens is 236 g/mol.